The standard InChI is InChI=1S/C18H14N2O2S/c1-22-16-7-4-5-12-13(16)11-20(15-8-10-23-17(12)15)18(21)14-6-2-3-9-19-14/h2-10H,11H2,1H3. The number of rotatable bonds is 2. The Bertz CT molecular complexity index is 874. The van der Waals surface area contributed by atoms with E-state index in [0.29, 0.717) is 12.2 Å². The highest BCUT2D eigenvalue weighted by Crippen LogP contribution is 2.45. The molecule has 0 fully saturated rings. The van der Waals surface area contributed by atoms with Crippen LogP contribution in [0.4, 0.5) is 5.69 Å². The van der Waals surface area contributed by atoms with Gasteiger partial charge in [-0.25, -0.2) is 0 Å². The molecule has 0 saturated heterocycles. The van der Waals surface area contributed by atoms with E-state index in [-0.39, 0.29) is 5.91 Å². The summed E-state index contributed by atoms with van der Waals surface area (Å²) in [7, 11) is 1.66. The quantitative estimate of drug-likeness (QED) is 0.717. The first kappa shape index (κ1) is 14.0. The average molecular weight is 322 g/mol. The molecule has 0 saturated carbocycles. The maximum absolute atomic E-state index is 12.9. The van der Waals surface area contributed by atoms with E-state index >= 15 is 0 Å². The molecule has 1 aliphatic heterocycles. The number of nitrogens with zero attached hydrogens (tertiary/aromatic N) is 2. The van der Waals surface area contributed by atoms with Crippen LogP contribution < -0.4 is 9.64 Å². The molecule has 4 nitrogen and oxygen atoms in total. The molecule has 5 heteroatoms. The van der Waals surface area contributed by atoms with Crippen molar-refractivity contribution in [2.24, 2.45) is 0 Å². The second-order valence-electron chi connectivity index (χ2n) is 5.23. The van der Waals surface area contributed by atoms with Crippen molar-refractivity contribution >= 4 is 22.9 Å². The van der Waals surface area contributed by atoms with E-state index < -0.39 is 0 Å². The number of fused-ring (bicyclic) bond motifs is 3. The summed E-state index contributed by atoms with van der Waals surface area (Å²) in [5.41, 5.74) is 3.56. The Balaban J connectivity index is 1.84. The highest BCUT2D eigenvalue weighted by Gasteiger charge is 2.30. The van der Waals surface area contributed by atoms with Gasteiger partial charge in [0, 0.05) is 17.3 Å². The van der Waals surface area contributed by atoms with Crippen molar-refractivity contribution in [3.63, 3.8) is 0 Å². The number of ether oxygens (including phenoxy) is 1. The van der Waals surface area contributed by atoms with Crippen LogP contribution in [0.5, 0.6) is 5.75 Å². The predicted molar refractivity (Wildman–Crippen MR) is 91.1 cm³/mol. The second-order valence-corrected chi connectivity index (χ2v) is 6.14. The third-order valence-corrected chi connectivity index (χ3v) is 4.92. The Hall–Kier alpha value is -2.66. The fraction of sp³-hybridized carbons (Fsp3) is 0.111. The molecule has 0 bridgehead atoms. The lowest BCUT2D eigenvalue weighted by Crippen LogP contribution is -2.33. The lowest BCUT2D eigenvalue weighted by atomic mass is 9.99. The number of methoxy groups -OCH3 is 1. The molecule has 3 heterocycles. The Kier molecular flexibility index (Phi) is 3.35. The molecule has 0 radical (unpaired) electrons. The van der Waals surface area contributed by atoms with Crippen LogP contribution in [0.1, 0.15) is 16.1 Å². The van der Waals surface area contributed by atoms with Gasteiger partial charge in [-0.15, -0.1) is 11.3 Å². The number of carbonyl (C=O) groups is 1. The first-order valence-corrected chi connectivity index (χ1v) is 8.14. The smallest absolute Gasteiger partial charge is 0.277 e. The van der Waals surface area contributed by atoms with Crippen molar-refractivity contribution in [2.75, 3.05) is 12.0 Å². The van der Waals surface area contributed by atoms with Crippen LogP contribution in [0.15, 0.2) is 54.0 Å². The van der Waals surface area contributed by atoms with E-state index in [0.717, 1.165) is 27.4 Å². The molecular weight excluding hydrogens is 308 g/mol. The number of benzene rings is 1. The van der Waals surface area contributed by atoms with Gasteiger partial charge in [-0.05, 0) is 29.6 Å². The van der Waals surface area contributed by atoms with E-state index in [9.17, 15) is 4.79 Å². The predicted octanol–water partition coefficient (Wildman–Crippen LogP) is 3.98. The molecule has 1 aromatic carbocycles. The number of aromatic nitrogens is 1. The van der Waals surface area contributed by atoms with E-state index in [1.165, 1.54) is 0 Å². The molecule has 4 rings (SSSR count). The lowest BCUT2D eigenvalue weighted by molar-refractivity contribution is 0.0980. The van der Waals surface area contributed by atoms with Crippen molar-refractivity contribution in [3.8, 4) is 16.2 Å². The highest BCUT2D eigenvalue weighted by molar-refractivity contribution is 7.14. The molecule has 1 aliphatic rings. The molecule has 2 aromatic heterocycles. The van der Waals surface area contributed by atoms with E-state index in [4.69, 9.17) is 4.74 Å². The van der Waals surface area contributed by atoms with Gasteiger partial charge in [0.25, 0.3) is 5.91 Å². The van der Waals surface area contributed by atoms with Crippen molar-refractivity contribution in [3.05, 3.63) is 65.3 Å². The molecule has 0 unspecified atom stereocenters. The SMILES string of the molecule is COc1cccc2c1CN(C(=O)c1ccccn1)c1ccsc1-2. The van der Waals surface area contributed by atoms with E-state index in [1.807, 2.05) is 29.6 Å². The van der Waals surface area contributed by atoms with E-state index in [1.54, 1.807) is 41.7 Å². The van der Waals surface area contributed by atoms with Gasteiger partial charge in [-0.3, -0.25) is 9.78 Å². The zero-order valence-corrected chi connectivity index (χ0v) is 13.3. The number of anilines is 1. The van der Waals surface area contributed by atoms with Crippen molar-refractivity contribution in [1.82, 2.24) is 4.98 Å². The van der Waals surface area contributed by atoms with Crippen LogP contribution in [-0.4, -0.2) is 18.0 Å². The summed E-state index contributed by atoms with van der Waals surface area (Å²) >= 11 is 1.63. The summed E-state index contributed by atoms with van der Waals surface area (Å²) < 4.78 is 5.49. The van der Waals surface area contributed by atoms with Crippen LogP contribution in [0.3, 0.4) is 0 Å². The third kappa shape index (κ3) is 2.21. The van der Waals surface area contributed by atoms with Crippen LogP contribution >= 0.6 is 11.3 Å². The number of pyridine rings is 1. The monoisotopic (exact) mass is 322 g/mol. The molecule has 23 heavy (non-hydrogen) atoms. The zero-order valence-electron chi connectivity index (χ0n) is 12.5. The minimum absolute atomic E-state index is 0.0955. The topological polar surface area (TPSA) is 42.4 Å². The largest absolute Gasteiger partial charge is 0.496 e. The molecular formula is C18H14N2O2S. The molecule has 114 valence electrons. The number of carbonyl (C=O) groups excluding carboxylic acids is 1. The number of thiophene rings is 1. The molecule has 0 atom stereocenters. The minimum atomic E-state index is -0.0955. The highest BCUT2D eigenvalue weighted by atomic mass is 32.1. The number of hydrogen-bond acceptors (Lipinski definition) is 4. The zero-order chi connectivity index (χ0) is 15.8. The summed E-state index contributed by atoms with van der Waals surface area (Å²) in [6.45, 7) is 0.485. The molecule has 0 N–H and O–H groups in total. The Morgan fingerprint density at radius 1 is 1.22 bits per heavy atom. The maximum atomic E-state index is 12.9. The first-order valence-electron chi connectivity index (χ1n) is 7.26. The first-order chi connectivity index (χ1) is 11.3. The van der Waals surface area contributed by atoms with Gasteiger partial charge in [0.1, 0.15) is 11.4 Å². The van der Waals surface area contributed by atoms with Crippen LogP contribution in [0, 0.1) is 0 Å². The fourth-order valence-electron chi connectivity index (χ4n) is 2.90. The van der Waals surface area contributed by atoms with Crippen LogP contribution in [0.25, 0.3) is 10.4 Å². The second kappa shape index (κ2) is 5.52. The van der Waals surface area contributed by atoms with Crippen LogP contribution in [0.2, 0.25) is 0 Å². The normalized spacial score (nSPS) is 12.5. The van der Waals surface area contributed by atoms with Crippen molar-refractivity contribution in [2.45, 2.75) is 6.54 Å². The van der Waals surface area contributed by atoms with E-state index in [2.05, 4.69) is 11.1 Å². The maximum Gasteiger partial charge on any atom is 0.277 e. The average Bonchev–Trinajstić information content (AvgIpc) is 3.10. The summed E-state index contributed by atoms with van der Waals surface area (Å²) in [6, 6.07) is 13.4. The molecule has 1 amide bonds. The third-order valence-electron chi connectivity index (χ3n) is 3.98. The Morgan fingerprint density at radius 3 is 2.91 bits per heavy atom. The molecule has 0 spiro atoms. The van der Waals surface area contributed by atoms with Gasteiger partial charge in [-0.1, -0.05) is 18.2 Å². The summed E-state index contributed by atoms with van der Waals surface area (Å²) in [5.74, 6) is 0.710. The molecule has 0 aliphatic carbocycles. The van der Waals surface area contributed by atoms with Gasteiger partial charge >= 0.3 is 0 Å². The summed E-state index contributed by atoms with van der Waals surface area (Å²) in [4.78, 5) is 20.0. The van der Waals surface area contributed by atoms with Gasteiger partial charge in [-0.2, -0.15) is 0 Å². The number of amides is 1. The fourth-order valence-corrected chi connectivity index (χ4v) is 3.85. The van der Waals surface area contributed by atoms with Gasteiger partial charge in [0.2, 0.25) is 0 Å². The summed E-state index contributed by atoms with van der Waals surface area (Å²) in [6.07, 6.45) is 1.64. The summed E-state index contributed by atoms with van der Waals surface area (Å²) in [5, 5.41) is 2.01. The minimum Gasteiger partial charge on any atom is -0.496 e. The molecule has 3 aromatic rings. The Labute approximate surface area is 138 Å². The van der Waals surface area contributed by atoms with Gasteiger partial charge < -0.3 is 9.64 Å². The number of hydrogen-bond donors (Lipinski definition) is 0. The van der Waals surface area contributed by atoms with Gasteiger partial charge in [0.05, 0.1) is 24.2 Å². The lowest BCUT2D eigenvalue weighted by Gasteiger charge is -2.29. The van der Waals surface area contributed by atoms with Crippen molar-refractivity contribution < 1.29 is 9.53 Å². The van der Waals surface area contributed by atoms with Crippen molar-refractivity contribution in [1.29, 1.82) is 0 Å². The van der Waals surface area contributed by atoms with Crippen LogP contribution in [-0.2, 0) is 6.54 Å². The van der Waals surface area contributed by atoms with Gasteiger partial charge in [0.15, 0.2) is 0 Å². The Morgan fingerprint density at radius 2 is 2.13 bits per heavy atom.